The molecule has 2 fully saturated rings. The molecular formula is C31H38F3N5O3S. The number of sulfone groups is 1. The Labute approximate surface area is 251 Å². The van der Waals surface area contributed by atoms with Crippen molar-refractivity contribution in [3.8, 4) is 17.6 Å². The SMILES string of the molecule is COc1cc(S(C)(=O)=O)ccc1NCC#Cc1cc2c(NC3CCN(C4CCN(C)C4)CC3)cccc2n1CC(F)(F)F. The van der Waals surface area contributed by atoms with E-state index in [1.165, 1.54) is 30.2 Å². The van der Waals surface area contributed by atoms with Gasteiger partial charge in [-0.2, -0.15) is 13.2 Å². The van der Waals surface area contributed by atoms with E-state index in [0.717, 1.165) is 51.0 Å². The van der Waals surface area contributed by atoms with Crippen molar-refractivity contribution < 1.29 is 26.3 Å². The third-order valence-electron chi connectivity index (χ3n) is 8.24. The van der Waals surface area contributed by atoms with Crippen LogP contribution in [0.25, 0.3) is 10.9 Å². The lowest BCUT2D eigenvalue weighted by molar-refractivity contribution is -0.140. The first kappa shape index (κ1) is 31.0. The number of hydrogen-bond donors (Lipinski definition) is 2. The van der Waals surface area contributed by atoms with Crippen LogP contribution in [0.5, 0.6) is 5.75 Å². The number of likely N-dealkylation sites (tertiary alicyclic amines) is 2. The molecule has 3 heterocycles. The van der Waals surface area contributed by atoms with Crippen LogP contribution in [-0.2, 0) is 16.4 Å². The van der Waals surface area contributed by atoms with Crippen LogP contribution < -0.4 is 15.4 Å². The predicted molar refractivity (Wildman–Crippen MR) is 164 cm³/mol. The molecule has 0 bridgehead atoms. The lowest BCUT2D eigenvalue weighted by Crippen LogP contribution is -2.45. The molecule has 1 atom stereocenters. The number of piperidine rings is 1. The highest BCUT2D eigenvalue weighted by Crippen LogP contribution is 2.32. The van der Waals surface area contributed by atoms with Gasteiger partial charge < -0.3 is 24.8 Å². The van der Waals surface area contributed by atoms with Gasteiger partial charge >= 0.3 is 6.18 Å². The van der Waals surface area contributed by atoms with E-state index >= 15 is 0 Å². The van der Waals surface area contributed by atoms with Crippen molar-refractivity contribution in [3.05, 3.63) is 48.2 Å². The van der Waals surface area contributed by atoms with Gasteiger partial charge in [-0.3, -0.25) is 4.90 Å². The third kappa shape index (κ3) is 7.58. The number of aromatic nitrogens is 1. The summed E-state index contributed by atoms with van der Waals surface area (Å²) in [5, 5.41) is 7.39. The molecule has 2 aliphatic heterocycles. The van der Waals surface area contributed by atoms with Gasteiger partial charge in [0.15, 0.2) is 9.84 Å². The second kappa shape index (κ2) is 12.7. The predicted octanol–water partition coefficient (Wildman–Crippen LogP) is 4.66. The molecule has 1 unspecified atom stereocenters. The van der Waals surface area contributed by atoms with Gasteiger partial charge in [-0.1, -0.05) is 12.0 Å². The highest BCUT2D eigenvalue weighted by Gasteiger charge is 2.31. The molecule has 0 saturated carbocycles. The van der Waals surface area contributed by atoms with Crippen LogP contribution >= 0.6 is 0 Å². The molecule has 232 valence electrons. The molecular weight excluding hydrogens is 579 g/mol. The Morgan fingerprint density at radius 1 is 1.05 bits per heavy atom. The minimum Gasteiger partial charge on any atom is -0.495 e. The maximum absolute atomic E-state index is 13.6. The first-order valence-corrected chi connectivity index (χ1v) is 16.3. The number of alkyl halides is 3. The van der Waals surface area contributed by atoms with Crippen molar-refractivity contribution in [2.45, 2.75) is 49.0 Å². The van der Waals surface area contributed by atoms with Crippen molar-refractivity contribution in [2.75, 3.05) is 63.8 Å². The van der Waals surface area contributed by atoms with Crippen molar-refractivity contribution in [1.29, 1.82) is 0 Å². The lowest BCUT2D eigenvalue weighted by Gasteiger charge is -2.36. The average molecular weight is 618 g/mol. The Hall–Kier alpha value is -3.40. The third-order valence-corrected chi connectivity index (χ3v) is 9.35. The van der Waals surface area contributed by atoms with Crippen molar-refractivity contribution in [2.24, 2.45) is 0 Å². The quantitative estimate of drug-likeness (QED) is 0.356. The van der Waals surface area contributed by atoms with Crippen LogP contribution in [0, 0.1) is 11.8 Å². The number of halogens is 3. The molecule has 8 nitrogen and oxygen atoms in total. The average Bonchev–Trinajstić information content (AvgIpc) is 3.54. The Bertz CT molecular complexity index is 1620. The second-order valence-electron chi connectivity index (χ2n) is 11.4. The first-order chi connectivity index (χ1) is 20.4. The van der Waals surface area contributed by atoms with Gasteiger partial charge in [-0.05, 0) is 69.1 Å². The topological polar surface area (TPSA) is 78.8 Å². The standard InChI is InChI=1S/C31H38F3N5O3S/c1-37-15-13-24(20-37)38-16-11-22(12-17-38)36-27-7-4-8-29-26(27)18-23(39(29)21-31(32,33)34)6-5-14-35-28-10-9-25(43(3,40)41)19-30(28)42-2/h4,7-10,18-19,22,24,35-36H,11-17,20-21H2,1-3H3. The van der Waals surface area contributed by atoms with Crippen molar-refractivity contribution in [1.82, 2.24) is 14.4 Å². The highest BCUT2D eigenvalue weighted by molar-refractivity contribution is 7.90. The monoisotopic (exact) mass is 617 g/mol. The molecule has 2 aromatic carbocycles. The number of hydrogen-bond acceptors (Lipinski definition) is 7. The molecule has 0 amide bonds. The maximum atomic E-state index is 13.6. The minimum absolute atomic E-state index is 0.114. The van der Waals surface area contributed by atoms with Gasteiger partial charge in [0, 0.05) is 55.1 Å². The number of nitrogens with zero attached hydrogens (tertiary/aromatic N) is 3. The van der Waals surface area contributed by atoms with Gasteiger partial charge in [0.2, 0.25) is 0 Å². The van der Waals surface area contributed by atoms with E-state index in [1.807, 2.05) is 6.07 Å². The van der Waals surface area contributed by atoms with E-state index in [4.69, 9.17) is 4.74 Å². The van der Waals surface area contributed by atoms with Crippen LogP contribution in [0.3, 0.4) is 0 Å². The Kier molecular flexibility index (Phi) is 9.15. The minimum atomic E-state index is -4.42. The number of nitrogens with one attached hydrogen (secondary N) is 2. The number of benzene rings is 2. The summed E-state index contributed by atoms with van der Waals surface area (Å²) in [6.07, 6.45) is -0.150. The fourth-order valence-corrected chi connectivity index (χ4v) is 6.66. The molecule has 0 radical (unpaired) electrons. The summed E-state index contributed by atoms with van der Waals surface area (Å²) in [6.45, 7) is 3.22. The summed E-state index contributed by atoms with van der Waals surface area (Å²) in [5.74, 6) is 6.16. The molecule has 2 saturated heterocycles. The van der Waals surface area contributed by atoms with E-state index in [1.54, 1.807) is 24.3 Å². The summed E-state index contributed by atoms with van der Waals surface area (Å²) >= 11 is 0. The van der Waals surface area contributed by atoms with E-state index < -0.39 is 22.6 Å². The number of anilines is 2. The summed E-state index contributed by atoms with van der Waals surface area (Å²) in [5.41, 5.74) is 2.08. The number of likely N-dealkylation sites (N-methyl/N-ethyl adjacent to an activating group) is 1. The normalized spacial score (nSPS) is 18.9. The van der Waals surface area contributed by atoms with Gasteiger partial charge in [-0.25, -0.2) is 8.42 Å². The van der Waals surface area contributed by atoms with Gasteiger partial charge in [-0.15, -0.1) is 0 Å². The molecule has 0 spiro atoms. The summed E-state index contributed by atoms with van der Waals surface area (Å²) in [6, 6.07) is 12.4. The van der Waals surface area contributed by atoms with Crippen LogP contribution in [-0.4, -0.2) is 94.2 Å². The number of ether oxygens (including phenoxy) is 1. The Balaban J connectivity index is 1.33. The zero-order chi connectivity index (χ0) is 30.8. The Morgan fingerprint density at radius 3 is 2.47 bits per heavy atom. The molecule has 3 aromatic rings. The van der Waals surface area contributed by atoms with E-state index in [9.17, 15) is 21.6 Å². The molecule has 0 aliphatic carbocycles. The zero-order valence-electron chi connectivity index (χ0n) is 24.7. The number of rotatable bonds is 8. The van der Waals surface area contributed by atoms with Crippen LogP contribution in [0.15, 0.2) is 47.4 Å². The molecule has 1 aromatic heterocycles. The van der Waals surface area contributed by atoms with Gasteiger partial charge in [0.05, 0.1) is 35.4 Å². The largest absolute Gasteiger partial charge is 0.495 e. The Morgan fingerprint density at radius 2 is 1.81 bits per heavy atom. The molecule has 12 heteroatoms. The van der Waals surface area contributed by atoms with E-state index in [2.05, 4.69) is 39.3 Å². The lowest BCUT2D eigenvalue weighted by atomic mass is 10.0. The summed E-state index contributed by atoms with van der Waals surface area (Å²) < 4.78 is 71.1. The fraction of sp³-hybridized carbons (Fsp3) is 0.484. The van der Waals surface area contributed by atoms with Gasteiger partial charge in [0.25, 0.3) is 0 Å². The van der Waals surface area contributed by atoms with Crippen LogP contribution in [0.1, 0.15) is 25.0 Å². The fourth-order valence-electron chi connectivity index (χ4n) is 6.02. The zero-order valence-corrected chi connectivity index (χ0v) is 25.5. The molecule has 5 rings (SSSR count). The van der Waals surface area contributed by atoms with Crippen LogP contribution in [0.2, 0.25) is 0 Å². The van der Waals surface area contributed by atoms with E-state index in [0.29, 0.717) is 28.4 Å². The first-order valence-electron chi connectivity index (χ1n) is 14.4. The van der Waals surface area contributed by atoms with E-state index in [-0.39, 0.29) is 23.2 Å². The molecule has 43 heavy (non-hydrogen) atoms. The summed E-state index contributed by atoms with van der Waals surface area (Å²) in [7, 11) is 0.181. The highest BCUT2D eigenvalue weighted by atomic mass is 32.2. The number of methoxy groups -OCH3 is 1. The maximum Gasteiger partial charge on any atom is 0.406 e. The van der Waals surface area contributed by atoms with Crippen molar-refractivity contribution in [3.63, 3.8) is 0 Å². The van der Waals surface area contributed by atoms with Gasteiger partial charge in [0.1, 0.15) is 12.3 Å². The second-order valence-corrected chi connectivity index (χ2v) is 13.4. The summed E-state index contributed by atoms with van der Waals surface area (Å²) in [4.78, 5) is 5.06. The van der Waals surface area contributed by atoms with Crippen LogP contribution in [0.4, 0.5) is 24.5 Å². The molecule has 2 N–H and O–H groups in total. The van der Waals surface area contributed by atoms with Crippen molar-refractivity contribution >= 4 is 32.1 Å². The number of fused-ring (bicyclic) bond motifs is 1. The molecule has 2 aliphatic rings. The smallest absolute Gasteiger partial charge is 0.406 e.